The van der Waals surface area contributed by atoms with Gasteiger partial charge in [0.25, 0.3) is 0 Å². The monoisotopic (exact) mass is 352 g/mol. The summed E-state index contributed by atoms with van der Waals surface area (Å²) in [5.41, 5.74) is 5.19. The number of hydrogen-bond acceptors (Lipinski definition) is 4. The lowest BCUT2D eigenvalue weighted by molar-refractivity contribution is 0.108. The Kier molecular flexibility index (Phi) is 4.14. The third-order valence-corrected chi connectivity index (χ3v) is 5.85. The average molecular weight is 353 g/mol. The molecular weight excluding hydrogens is 339 g/mol. The maximum absolute atomic E-state index is 13.2. The van der Waals surface area contributed by atoms with Crippen LogP contribution < -0.4 is 5.73 Å². The minimum Gasteiger partial charge on any atom is -0.396 e. The van der Waals surface area contributed by atoms with Gasteiger partial charge in [-0.2, -0.15) is 4.31 Å². The summed E-state index contributed by atoms with van der Waals surface area (Å²) in [4.78, 5) is -0.0829. The fourth-order valence-corrected chi connectivity index (χ4v) is 4.55. The Bertz CT molecular complexity index is 594. The zero-order valence-corrected chi connectivity index (χ0v) is 12.4. The summed E-state index contributed by atoms with van der Waals surface area (Å²) in [6.07, 6.45) is 0.507. The molecule has 0 radical (unpaired) electrons. The standard InChI is InChI=1S/C11H14BrFN2O3S/c12-8-4-9(13)10(14)5-11(8)19(17,18)15-3-1-2-7(16)6-15/h4-5,7,16H,1-3,6,14H2. The molecule has 1 atom stereocenters. The van der Waals surface area contributed by atoms with Crippen molar-refractivity contribution in [2.45, 2.75) is 23.8 Å². The van der Waals surface area contributed by atoms with E-state index in [-0.39, 0.29) is 21.6 Å². The number of benzene rings is 1. The van der Waals surface area contributed by atoms with Crippen LogP contribution in [0.25, 0.3) is 0 Å². The minimum atomic E-state index is -3.79. The Morgan fingerprint density at radius 1 is 1.47 bits per heavy atom. The molecule has 1 fully saturated rings. The molecule has 106 valence electrons. The maximum atomic E-state index is 13.2. The number of anilines is 1. The highest BCUT2D eigenvalue weighted by atomic mass is 79.9. The number of nitrogens with zero attached hydrogens (tertiary/aromatic N) is 1. The molecule has 1 saturated heterocycles. The fraction of sp³-hybridized carbons (Fsp3) is 0.455. The molecule has 2 rings (SSSR count). The molecule has 1 heterocycles. The molecule has 1 unspecified atom stereocenters. The summed E-state index contributed by atoms with van der Waals surface area (Å²) in [5.74, 6) is -0.676. The number of sulfonamides is 1. The van der Waals surface area contributed by atoms with Crippen LogP contribution in [0.5, 0.6) is 0 Å². The van der Waals surface area contributed by atoms with Gasteiger partial charge in [0, 0.05) is 17.6 Å². The van der Waals surface area contributed by atoms with Crippen molar-refractivity contribution in [3.8, 4) is 0 Å². The molecule has 1 aliphatic rings. The Morgan fingerprint density at radius 2 is 2.16 bits per heavy atom. The lowest BCUT2D eigenvalue weighted by atomic mass is 10.1. The van der Waals surface area contributed by atoms with Gasteiger partial charge in [-0.3, -0.25) is 0 Å². The van der Waals surface area contributed by atoms with Gasteiger partial charge in [0.2, 0.25) is 10.0 Å². The van der Waals surface area contributed by atoms with Crippen molar-refractivity contribution in [3.05, 3.63) is 22.4 Å². The molecule has 1 aromatic carbocycles. The van der Waals surface area contributed by atoms with E-state index in [4.69, 9.17) is 5.73 Å². The predicted molar refractivity (Wildman–Crippen MR) is 72.5 cm³/mol. The highest BCUT2D eigenvalue weighted by molar-refractivity contribution is 9.10. The average Bonchev–Trinajstić information content (AvgIpc) is 2.33. The number of rotatable bonds is 2. The molecule has 1 aliphatic heterocycles. The molecule has 0 aliphatic carbocycles. The predicted octanol–water partition coefficient (Wildman–Crippen LogP) is 1.32. The molecule has 1 aromatic rings. The first-order valence-corrected chi connectivity index (χ1v) is 7.98. The highest BCUT2D eigenvalue weighted by Gasteiger charge is 2.31. The smallest absolute Gasteiger partial charge is 0.244 e. The van der Waals surface area contributed by atoms with Crippen molar-refractivity contribution in [3.63, 3.8) is 0 Å². The molecule has 0 spiro atoms. The van der Waals surface area contributed by atoms with Crippen LogP contribution in [-0.2, 0) is 10.0 Å². The van der Waals surface area contributed by atoms with Crippen LogP contribution >= 0.6 is 15.9 Å². The largest absolute Gasteiger partial charge is 0.396 e. The number of nitrogen functional groups attached to an aromatic ring is 1. The van der Waals surface area contributed by atoms with E-state index in [0.29, 0.717) is 19.4 Å². The second-order valence-corrected chi connectivity index (χ2v) is 7.22. The van der Waals surface area contributed by atoms with Crippen molar-refractivity contribution in [2.75, 3.05) is 18.8 Å². The SMILES string of the molecule is Nc1cc(S(=O)(=O)N2CCCC(O)C2)c(Br)cc1F. The fourth-order valence-electron chi connectivity index (χ4n) is 2.02. The third-order valence-electron chi connectivity index (χ3n) is 3.03. The number of hydrogen-bond donors (Lipinski definition) is 2. The van der Waals surface area contributed by atoms with Gasteiger partial charge in [-0.1, -0.05) is 0 Å². The molecule has 8 heteroatoms. The van der Waals surface area contributed by atoms with Crippen LogP contribution in [0, 0.1) is 5.82 Å². The second kappa shape index (κ2) is 5.35. The van der Waals surface area contributed by atoms with E-state index in [1.807, 2.05) is 0 Å². The van der Waals surface area contributed by atoms with Crippen molar-refractivity contribution in [1.82, 2.24) is 4.31 Å². The zero-order valence-electron chi connectivity index (χ0n) is 10.0. The molecule has 0 amide bonds. The Morgan fingerprint density at radius 3 is 2.79 bits per heavy atom. The maximum Gasteiger partial charge on any atom is 0.244 e. The quantitative estimate of drug-likeness (QED) is 0.786. The first kappa shape index (κ1) is 14.7. The van der Waals surface area contributed by atoms with E-state index >= 15 is 0 Å². The lowest BCUT2D eigenvalue weighted by Crippen LogP contribution is -2.42. The van der Waals surface area contributed by atoms with Crippen LogP contribution in [0.2, 0.25) is 0 Å². The zero-order chi connectivity index (χ0) is 14.2. The lowest BCUT2D eigenvalue weighted by Gasteiger charge is -2.29. The van der Waals surface area contributed by atoms with Gasteiger partial charge < -0.3 is 10.8 Å². The van der Waals surface area contributed by atoms with E-state index in [1.165, 1.54) is 4.31 Å². The highest BCUT2D eigenvalue weighted by Crippen LogP contribution is 2.30. The molecule has 0 bridgehead atoms. The van der Waals surface area contributed by atoms with Gasteiger partial charge in [-0.05, 0) is 40.9 Å². The molecule has 0 saturated carbocycles. The first-order chi connectivity index (χ1) is 8.82. The van der Waals surface area contributed by atoms with E-state index in [2.05, 4.69) is 15.9 Å². The van der Waals surface area contributed by atoms with E-state index in [9.17, 15) is 17.9 Å². The van der Waals surface area contributed by atoms with E-state index in [0.717, 1.165) is 12.1 Å². The number of halogens is 2. The molecule has 0 aromatic heterocycles. The normalized spacial score (nSPS) is 21.5. The van der Waals surface area contributed by atoms with Gasteiger partial charge in [0.15, 0.2) is 0 Å². The van der Waals surface area contributed by atoms with Gasteiger partial charge in [0.05, 0.1) is 16.7 Å². The molecule has 19 heavy (non-hydrogen) atoms. The topological polar surface area (TPSA) is 83.6 Å². The second-order valence-electron chi connectivity index (χ2n) is 4.46. The summed E-state index contributed by atoms with van der Waals surface area (Å²) < 4.78 is 39.4. The van der Waals surface area contributed by atoms with Crippen molar-refractivity contribution in [1.29, 1.82) is 0 Å². The summed E-state index contributed by atoms with van der Waals surface area (Å²) in [7, 11) is -3.79. The van der Waals surface area contributed by atoms with E-state index < -0.39 is 21.9 Å². The Labute approximate surface area is 119 Å². The van der Waals surface area contributed by atoms with Gasteiger partial charge in [-0.15, -0.1) is 0 Å². The van der Waals surface area contributed by atoms with Crippen molar-refractivity contribution >= 4 is 31.6 Å². The summed E-state index contributed by atoms with van der Waals surface area (Å²) in [5, 5.41) is 9.56. The van der Waals surface area contributed by atoms with E-state index in [1.54, 1.807) is 0 Å². The summed E-state index contributed by atoms with van der Waals surface area (Å²) in [6.45, 7) is 0.384. The van der Waals surface area contributed by atoms with Crippen LogP contribution in [0.1, 0.15) is 12.8 Å². The van der Waals surface area contributed by atoms with Crippen LogP contribution in [0.3, 0.4) is 0 Å². The number of aliphatic hydroxyl groups excluding tert-OH is 1. The third kappa shape index (κ3) is 2.91. The summed E-state index contributed by atoms with van der Waals surface area (Å²) >= 11 is 3.03. The van der Waals surface area contributed by atoms with Crippen LogP contribution in [0.4, 0.5) is 10.1 Å². The number of piperidine rings is 1. The van der Waals surface area contributed by atoms with Crippen LogP contribution in [0.15, 0.2) is 21.5 Å². The number of nitrogens with two attached hydrogens (primary N) is 1. The summed E-state index contributed by atoms with van der Waals surface area (Å²) in [6, 6.07) is 2.12. The molecular formula is C11H14BrFN2O3S. The van der Waals surface area contributed by atoms with Gasteiger partial charge in [-0.25, -0.2) is 12.8 Å². The molecule has 5 nitrogen and oxygen atoms in total. The van der Waals surface area contributed by atoms with Crippen molar-refractivity contribution < 1.29 is 17.9 Å². The Balaban J connectivity index is 2.42. The number of aliphatic hydroxyl groups is 1. The van der Waals surface area contributed by atoms with Gasteiger partial charge >= 0.3 is 0 Å². The van der Waals surface area contributed by atoms with Gasteiger partial charge in [0.1, 0.15) is 5.82 Å². The minimum absolute atomic E-state index is 0.0477. The first-order valence-electron chi connectivity index (χ1n) is 5.75. The van der Waals surface area contributed by atoms with Crippen LogP contribution in [-0.4, -0.2) is 37.0 Å². The van der Waals surface area contributed by atoms with Crippen molar-refractivity contribution in [2.24, 2.45) is 0 Å². The Hall–Kier alpha value is -0.700. The molecule has 3 N–H and O–H groups in total. The number of β-amino-alcohol motifs (C(OH)–C–C–N with tert-alkyl or cyclic N) is 1.